The van der Waals surface area contributed by atoms with E-state index in [1.54, 1.807) is 11.3 Å². The minimum absolute atomic E-state index is 0.616. The summed E-state index contributed by atoms with van der Waals surface area (Å²) in [5.41, 5.74) is 0. The highest BCUT2D eigenvalue weighted by Gasteiger charge is 2.22. The van der Waals surface area contributed by atoms with Crippen LogP contribution in [0.2, 0.25) is 0 Å². The second kappa shape index (κ2) is 5.12. The third-order valence-electron chi connectivity index (χ3n) is 3.12. The number of hydrogen-bond donors (Lipinski definition) is 1. The van der Waals surface area contributed by atoms with Gasteiger partial charge in [-0.25, -0.2) is 4.98 Å². The standard InChI is InChI=1S/C11H20N4S/c1-9-8-15(5-4-14(9)3)11-13-7-10(16-11)6-12-2/h7,9,12H,4-6,8H2,1-3H3. The quantitative estimate of drug-likeness (QED) is 0.854. The van der Waals surface area contributed by atoms with E-state index in [2.05, 4.69) is 34.1 Å². The van der Waals surface area contributed by atoms with Crippen molar-refractivity contribution in [1.29, 1.82) is 0 Å². The number of likely N-dealkylation sites (N-methyl/N-ethyl adjacent to an activating group) is 1. The average molecular weight is 240 g/mol. The van der Waals surface area contributed by atoms with Gasteiger partial charge in [0.15, 0.2) is 5.13 Å². The molecule has 1 aliphatic heterocycles. The second-order valence-electron chi connectivity index (χ2n) is 4.42. The molecule has 0 bridgehead atoms. The molecule has 0 aliphatic carbocycles. The van der Waals surface area contributed by atoms with Crippen LogP contribution in [0, 0.1) is 0 Å². The highest BCUT2D eigenvalue weighted by Crippen LogP contribution is 2.24. The van der Waals surface area contributed by atoms with Crippen molar-refractivity contribution in [2.24, 2.45) is 0 Å². The first-order chi connectivity index (χ1) is 7.70. The summed E-state index contributed by atoms with van der Waals surface area (Å²) in [6, 6.07) is 0.616. The molecule has 1 N–H and O–H groups in total. The van der Waals surface area contributed by atoms with Gasteiger partial charge in [-0.05, 0) is 21.0 Å². The number of aromatic nitrogens is 1. The van der Waals surface area contributed by atoms with Gasteiger partial charge in [0.05, 0.1) is 0 Å². The van der Waals surface area contributed by atoms with Gasteiger partial charge in [0.25, 0.3) is 0 Å². The third kappa shape index (κ3) is 2.53. The second-order valence-corrected chi connectivity index (χ2v) is 5.51. The zero-order valence-corrected chi connectivity index (χ0v) is 11.0. The maximum absolute atomic E-state index is 4.50. The van der Waals surface area contributed by atoms with E-state index >= 15 is 0 Å². The summed E-state index contributed by atoms with van der Waals surface area (Å²) < 4.78 is 0. The Morgan fingerprint density at radius 1 is 1.56 bits per heavy atom. The average Bonchev–Trinajstić information content (AvgIpc) is 2.71. The first-order valence-electron chi connectivity index (χ1n) is 5.75. The molecule has 2 heterocycles. The minimum Gasteiger partial charge on any atom is -0.345 e. The van der Waals surface area contributed by atoms with Crippen molar-refractivity contribution >= 4 is 16.5 Å². The fourth-order valence-corrected chi connectivity index (χ4v) is 2.88. The van der Waals surface area contributed by atoms with Crippen LogP contribution in [0.3, 0.4) is 0 Å². The zero-order chi connectivity index (χ0) is 11.5. The minimum atomic E-state index is 0.616. The molecule has 1 saturated heterocycles. The molecule has 1 fully saturated rings. The summed E-state index contributed by atoms with van der Waals surface area (Å²) in [4.78, 5) is 10.6. The Bertz CT molecular complexity index is 338. The first-order valence-corrected chi connectivity index (χ1v) is 6.57. The molecule has 0 aromatic carbocycles. The van der Waals surface area contributed by atoms with E-state index in [0.29, 0.717) is 6.04 Å². The molecule has 4 nitrogen and oxygen atoms in total. The van der Waals surface area contributed by atoms with Crippen LogP contribution in [-0.2, 0) is 6.54 Å². The van der Waals surface area contributed by atoms with Crippen LogP contribution in [0.25, 0.3) is 0 Å². The van der Waals surface area contributed by atoms with Crippen LogP contribution >= 0.6 is 11.3 Å². The lowest BCUT2D eigenvalue weighted by molar-refractivity contribution is 0.234. The molecule has 90 valence electrons. The molecule has 0 saturated carbocycles. The van der Waals surface area contributed by atoms with Crippen molar-refractivity contribution in [2.45, 2.75) is 19.5 Å². The molecule has 1 atom stereocenters. The van der Waals surface area contributed by atoms with Gasteiger partial charge in [-0.3, -0.25) is 0 Å². The van der Waals surface area contributed by atoms with Crippen molar-refractivity contribution in [2.75, 3.05) is 38.6 Å². The lowest BCUT2D eigenvalue weighted by Crippen LogP contribution is -2.50. The molecule has 2 rings (SSSR count). The third-order valence-corrected chi connectivity index (χ3v) is 4.18. The van der Waals surface area contributed by atoms with Crippen molar-refractivity contribution in [3.63, 3.8) is 0 Å². The largest absolute Gasteiger partial charge is 0.345 e. The van der Waals surface area contributed by atoms with Crippen molar-refractivity contribution in [1.82, 2.24) is 15.2 Å². The summed E-state index contributed by atoms with van der Waals surface area (Å²) in [5.74, 6) is 0. The number of anilines is 1. The van der Waals surface area contributed by atoms with Gasteiger partial charge in [0.1, 0.15) is 0 Å². The van der Waals surface area contributed by atoms with E-state index in [1.807, 2.05) is 13.2 Å². The summed E-state index contributed by atoms with van der Waals surface area (Å²) >= 11 is 1.80. The summed E-state index contributed by atoms with van der Waals surface area (Å²) in [5, 5.41) is 4.33. The fraction of sp³-hybridized carbons (Fsp3) is 0.727. The van der Waals surface area contributed by atoms with Crippen LogP contribution in [0.5, 0.6) is 0 Å². The lowest BCUT2D eigenvalue weighted by atomic mass is 10.2. The van der Waals surface area contributed by atoms with Gasteiger partial charge >= 0.3 is 0 Å². The van der Waals surface area contributed by atoms with Gasteiger partial charge < -0.3 is 15.1 Å². The van der Waals surface area contributed by atoms with Crippen LogP contribution < -0.4 is 10.2 Å². The normalized spacial score (nSPS) is 22.7. The van der Waals surface area contributed by atoms with Gasteiger partial charge in [-0.1, -0.05) is 0 Å². The van der Waals surface area contributed by atoms with Crippen molar-refractivity contribution < 1.29 is 0 Å². The molecule has 0 amide bonds. The highest BCUT2D eigenvalue weighted by atomic mass is 32.1. The maximum atomic E-state index is 4.50. The van der Waals surface area contributed by atoms with Crippen LogP contribution in [0.1, 0.15) is 11.8 Å². The van der Waals surface area contributed by atoms with E-state index < -0.39 is 0 Å². The number of piperazine rings is 1. The predicted octanol–water partition coefficient (Wildman–Crippen LogP) is 1.00. The van der Waals surface area contributed by atoms with E-state index in [9.17, 15) is 0 Å². The SMILES string of the molecule is CNCc1cnc(N2CCN(C)C(C)C2)s1. The Kier molecular flexibility index (Phi) is 3.78. The molecule has 1 aromatic heterocycles. The molecule has 1 aliphatic rings. The van der Waals surface area contributed by atoms with E-state index in [1.165, 1.54) is 10.0 Å². The Balaban J connectivity index is 2.01. The van der Waals surface area contributed by atoms with E-state index in [-0.39, 0.29) is 0 Å². The summed E-state index contributed by atoms with van der Waals surface area (Å²) in [7, 11) is 4.16. The van der Waals surface area contributed by atoms with Crippen molar-refractivity contribution in [3.8, 4) is 0 Å². The molecule has 1 unspecified atom stereocenters. The van der Waals surface area contributed by atoms with Crippen LogP contribution in [0.4, 0.5) is 5.13 Å². The molecule has 0 radical (unpaired) electrons. The molecular weight excluding hydrogens is 220 g/mol. The van der Waals surface area contributed by atoms with E-state index in [4.69, 9.17) is 0 Å². The first kappa shape index (κ1) is 11.8. The maximum Gasteiger partial charge on any atom is 0.185 e. The van der Waals surface area contributed by atoms with Gasteiger partial charge in [0, 0.05) is 43.3 Å². The number of nitrogens with zero attached hydrogens (tertiary/aromatic N) is 3. The Morgan fingerprint density at radius 3 is 3.06 bits per heavy atom. The predicted molar refractivity (Wildman–Crippen MR) is 69.2 cm³/mol. The molecule has 5 heteroatoms. The fourth-order valence-electron chi connectivity index (χ4n) is 1.92. The number of hydrogen-bond acceptors (Lipinski definition) is 5. The summed E-state index contributed by atoms with van der Waals surface area (Å²) in [6.45, 7) is 6.49. The Labute approximate surface area is 101 Å². The monoisotopic (exact) mass is 240 g/mol. The van der Waals surface area contributed by atoms with Crippen LogP contribution in [0.15, 0.2) is 6.20 Å². The number of rotatable bonds is 3. The van der Waals surface area contributed by atoms with Gasteiger partial charge in [0.2, 0.25) is 0 Å². The van der Waals surface area contributed by atoms with Crippen LogP contribution in [-0.4, -0.2) is 49.7 Å². The topological polar surface area (TPSA) is 31.4 Å². The zero-order valence-electron chi connectivity index (χ0n) is 10.2. The summed E-state index contributed by atoms with van der Waals surface area (Å²) in [6.07, 6.45) is 1.99. The molecular formula is C11H20N4S. The Hall–Kier alpha value is -0.650. The van der Waals surface area contributed by atoms with Gasteiger partial charge in [-0.15, -0.1) is 11.3 Å². The van der Waals surface area contributed by atoms with E-state index in [0.717, 1.165) is 26.2 Å². The van der Waals surface area contributed by atoms with Gasteiger partial charge in [-0.2, -0.15) is 0 Å². The molecule has 16 heavy (non-hydrogen) atoms. The highest BCUT2D eigenvalue weighted by molar-refractivity contribution is 7.15. The smallest absolute Gasteiger partial charge is 0.185 e. The Morgan fingerprint density at radius 2 is 2.38 bits per heavy atom. The number of nitrogens with one attached hydrogen (secondary N) is 1. The molecule has 0 spiro atoms. The number of thiazole rings is 1. The molecule has 1 aromatic rings. The van der Waals surface area contributed by atoms with Crippen molar-refractivity contribution in [3.05, 3.63) is 11.1 Å². The lowest BCUT2D eigenvalue weighted by Gasteiger charge is -2.37.